The molecule has 0 unspecified atom stereocenters. The van der Waals surface area contributed by atoms with Crippen LogP contribution in [-0.2, 0) is 9.47 Å². The van der Waals surface area contributed by atoms with Gasteiger partial charge in [-0.25, -0.2) is 22.8 Å². The van der Waals surface area contributed by atoms with E-state index in [9.17, 15) is 28.5 Å². The molecule has 5 heterocycles. The second-order valence-corrected chi connectivity index (χ2v) is 11.4. The van der Waals surface area contributed by atoms with Gasteiger partial charge in [-0.1, -0.05) is 16.6 Å². The zero-order valence-electron chi connectivity index (χ0n) is 22.7. The van der Waals surface area contributed by atoms with Crippen molar-refractivity contribution in [3.63, 3.8) is 0 Å². The number of halogens is 3. The van der Waals surface area contributed by atoms with Gasteiger partial charge in [0.25, 0.3) is 0 Å². The molecule has 2 saturated heterocycles. The van der Waals surface area contributed by atoms with Crippen molar-refractivity contribution in [1.82, 2.24) is 34.7 Å². The lowest BCUT2D eigenvalue weighted by Crippen LogP contribution is -2.53. The molecule has 44 heavy (non-hydrogen) atoms. The predicted molar refractivity (Wildman–Crippen MR) is 149 cm³/mol. The molecule has 230 valence electrons. The Bertz CT molecular complexity index is 1790. The number of hydrogen-bond acceptors (Lipinski definition) is 12. The van der Waals surface area contributed by atoms with Crippen molar-refractivity contribution in [2.75, 3.05) is 37.8 Å². The minimum atomic E-state index is -1.62. The topological polar surface area (TPSA) is 157 Å². The minimum absolute atomic E-state index is 0.0386. The third kappa shape index (κ3) is 5.00. The number of thiazole rings is 1. The van der Waals surface area contributed by atoms with Crippen LogP contribution in [0.5, 0.6) is 0 Å². The second kappa shape index (κ2) is 11.5. The quantitative estimate of drug-likeness (QED) is 0.235. The molecule has 17 heteroatoms. The number of hydrogen-bond donors (Lipinski definition) is 3. The summed E-state index contributed by atoms with van der Waals surface area (Å²) in [5.74, 6) is -4.25. The van der Waals surface area contributed by atoms with E-state index in [0.29, 0.717) is 18.9 Å². The zero-order valence-corrected chi connectivity index (χ0v) is 23.6. The number of aliphatic hydroxyl groups excluding tert-OH is 3. The summed E-state index contributed by atoms with van der Waals surface area (Å²) in [5, 5.41) is 49.5. The number of rotatable bonds is 6. The van der Waals surface area contributed by atoms with E-state index in [1.807, 2.05) is 18.2 Å². The normalized spacial score (nSPS) is 24.3. The first-order chi connectivity index (χ1) is 21.3. The Balaban J connectivity index is 1.20. The Morgan fingerprint density at radius 2 is 1.77 bits per heavy atom. The maximum absolute atomic E-state index is 13.8. The summed E-state index contributed by atoms with van der Waals surface area (Å²) in [7, 11) is 0. The maximum atomic E-state index is 13.8. The molecule has 2 aliphatic heterocycles. The highest BCUT2D eigenvalue weighted by Gasteiger charge is 2.48. The number of fused-ring (bicyclic) bond motifs is 1. The summed E-state index contributed by atoms with van der Waals surface area (Å²) in [4.78, 5) is 6.92. The van der Waals surface area contributed by atoms with Gasteiger partial charge in [0.05, 0.1) is 36.2 Å². The molecule has 0 bridgehead atoms. The predicted octanol–water partition coefficient (Wildman–Crippen LogP) is 1.78. The average Bonchev–Trinajstić information content (AvgIpc) is 3.80. The fourth-order valence-electron chi connectivity index (χ4n) is 5.46. The van der Waals surface area contributed by atoms with Gasteiger partial charge in [0.1, 0.15) is 42.5 Å². The van der Waals surface area contributed by atoms with E-state index in [4.69, 9.17) is 14.5 Å². The molecular formula is C27H25F3N8O5S. The first kappa shape index (κ1) is 28.8. The molecule has 0 amide bonds. The minimum Gasteiger partial charge on any atom is -0.394 e. The molecular weight excluding hydrogens is 605 g/mol. The van der Waals surface area contributed by atoms with Crippen LogP contribution < -0.4 is 4.90 Å². The van der Waals surface area contributed by atoms with Crippen molar-refractivity contribution in [3.05, 3.63) is 66.1 Å². The number of morpholine rings is 1. The molecule has 2 fully saturated rings. The van der Waals surface area contributed by atoms with Gasteiger partial charge in [0.2, 0.25) is 0 Å². The van der Waals surface area contributed by atoms with E-state index in [2.05, 4.69) is 25.4 Å². The van der Waals surface area contributed by atoms with Crippen LogP contribution in [0.15, 0.2) is 42.9 Å². The molecule has 0 spiro atoms. The molecule has 3 N–H and O–H groups in total. The third-order valence-corrected chi connectivity index (χ3v) is 8.82. The van der Waals surface area contributed by atoms with Crippen LogP contribution in [0.2, 0.25) is 0 Å². The highest BCUT2D eigenvalue weighted by atomic mass is 32.1. The van der Waals surface area contributed by atoms with Crippen LogP contribution in [-0.4, -0.2) is 101 Å². The van der Waals surface area contributed by atoms with Crippen molar-refractivity contribution in [2.45, 2.75) is 30.5 Å². The van der Waals surface area contributed by atoms with Gasteiger partial charge >= 0.3 is 0 Å². The van der Waals surface area contributed by atoms with Crippen molar-refractivity contribution >= 4 is 26.7 Å². The Morgan fingerprint density at radius 1 is 1.00 bits per heavy atom. The smallest absolute Gasteiger partial charge is 0.194 e. The number of anilines is 1. The summed E-state index contributed by atoms with van der Waals surface area (Å²) in [5.41, 5.74) is 1.34. The molecule has 13 nitrogen and oxygen atoms in total. The Kier molecular flexibility index (Phi) is 7.51. The van der Waals surface area contributed by atoms with Gasteiger partial charge in [-0.05, 0) is 30.3 Å². The summed E-state index contributed by atoms with van der Waals surface area (Å²) in [6.45, 7) is 2.17. The van der Waals surface area contributed by atoms with Gasteiger partial charge in [0, 0.05) is 24.3 Å². The fraction of sp³-hybridized carbons (Fsp3) is 0.370. The first-order valence-electron chi connectivity index (χ1n) is 13.6. The van der Waals surface area contributed by atoms with E-state index < -0.39 is 54.5 Å². The van der Waals surface area contributed by atoms with Gasteiger partial charge in [-0.2, -0.15) is 0 Å². The summed E-state index contributed by atoms with van der Waals surface area (Å²) >= 11 is 1.53. The van der Waals surface area contributed by atoms with E-state index in [0.717, 1.165) is 45.3 Å². The van der Waals surface area contributed by atoms with Crippen LogP contribution >= 0.6 is 11.3 Å². The van der Waals surface area contributed by atoms with Crippen molar-refractivity contribution < 1.29 is 38.0 Å². The molecule has 0 aliphatic carbocycles. The second-order valence-electron chi connectivity index (χ2n) is 10.4. The summed E-state index contributed by atoms with van der Waals surface area (Å²) < 4.78 is 56.2. The van der Waals surface area contributed by atoms with E-state index in [-0.39, 0.29) is 17.1 Å². The molecule has 7 rings (SSSR count). The first-order valence-corrected chi connectivity index (χ1v) is 14.5. The summed E-state index contributed by atoms with van der Waals surface area (Å²) in [6, 6.07) is 5.90. The largest absolute Gasteiger partial charge is 0.394 e. The van der Waals surface area contributed by atoms with Crippen LogP contribution in [0.3, 0.4) is 0 Å². The highest BCUT2D eigenvalue weighted by Crippen LogP contribution is 2.39. The van der Waals surface area contributed by atoms with E-state index >= 15 is 0 Å². The number of aliphatic hydroxyl groups is 3. The lowest BCUT2D eigenvalue weighted by Gasteiger charge is -2.41. The molecule has 3 aromatic heterocycles. The average molecular weight is 631 g/mol. The van der Waals surface area contributed by atoms with Crippen LogP contribution in [0.25, 0.3) is 27.2 Å². The van der Waals surface area contributed by atoms with Crippen LogP contribution in [0.4, 0.5) is 18.3 Å². The van der Waals surface area contributed by atoms with Gasteiger partial charge in [-0.3, -0.25) is 4.57 Å². The molecule has 0 radical (unpaired) electrons. The Morgan fingerprint density at radius 3 is 2.52 bits per heavy atom. The van der Waals surface area contributed by atoms with Gasteiger partial charge < -0.3 is 29.7 Å². The van der Waals surface area contributed by atoms with Crippen LogP contribution in [0.1, 0.15) is 18.0 Å². The molecule has 0 saturated carbocycles. The van der Waals surface area contributed by atoms with Crippen molar-refractivity contribution in [1.29, 1.82) is 0 Å². The van der Waals surface area contributed by atoms with E-state index in [1.165, 1.54) is 23.9 Å². The molecule has 5 aromatic rings. The SMILES string of the molecule is OC[C@H]1O[C@@H](c2nncn2-c2ccc3nc(N4CCOCC4)sc3c2)[C@H](O)[C@@H](n2cc(-c3cc(F)c(F)c(F)c3)nn2)[C@H]1O. The third-order valence-electron chi connectivity index (χ3n) is 7.74. The lowest BCUT2D eigenvalue weighted by atomic mass is 9.92. The van der Waals surface area contributed by atoms with Crippen LogP contribution in [0, 0.1) is 17.5 Å². The Hall–Kier alpha value is -4.00. The van der Waals surface area contributed by atoms with E-state index in [1.54, 1.807) is 4.57 Å². The zero-order chi connectivity index (χ0) is 30.5. The monoisotopic (exact) mass is 630 g/mol. The van der Waals surface area contributed by atoms with Crippen molar-refractivity contribution in [3.8, 4) is 16.9 Å². The fourth-order valence-corrected chi connectivity index (χ4v) is 6.51. The van der Waals surface area contributed by atoms with Gasteiger partial charge in [-0.15, -0.1) is 15.3 Å². The number of aromatic nitrogens is 7. The maximum Gasteiger partial charge on any atom is 0.194 e. The standard InChI is InChI=1S/C27H25F3N8O5S/c28-15-7-13(8-16(29)21(15)30)18-10-38(35-33-18)22-23(40)19(11-39)43-25(24(22)41)26-34-31-12-37(26)14-1-2-17-20(9-14)44-27(32-17)36-3-5-42-6-4-36/h1-2,7-10,12,19,22-25,39-41H,3-6,11H2/t19-,22+,23+,24-,25-/m1/s1. The Labute approximate surface area is 250 Å². The van der Waals surface area contributed by atoms with Gasteiger partial charge in [0.15, 0.2) is 28.4 Å². The lowest BCUT2D eigenvalue weighted by molar-refractivity contribution is -0.210. The molecule has 2 aliphatic rings. The molecule has 5 atom stereocenters. The number of benzene rings is 2. The number of nitrogens with zero attached hydrogens (tertiary/aromatic N) is 8. The molecule has 2 aromatic carbocycles. The number of ether oxygens (including phenoxy) is 2. The highest BCUT2D eigenvalue weighted by molar-refractivity contribution is 7.22. The van der Waals surface area contributed by atoms with Crippen molar-refractivity contribution in [2.24, 2.45) is 0 Å². The summed E-state index contributed by atoms with van der Waals surface area (Å²) in [6.07, 6.45) is -2.63.